The quantitative estimate of drug-likeness (QED) is 0.196. The summed E-state index contributed by atoms with van der Waals surface area (Å²) in [6.07, 6.45) is 23.3. The number of rotatable bonds is 13. The monoisotopic (exact) mass is 464 g/mol. The molecule has 0 bridgehead atoms. The van der Waals surface area contributed by atoms with Crippen LogP contribution in [0, 0.1) is 17.8 Å². The lowest BCUT2D eigenvalue weighted by Gasteiger charge is -2.30. The molecule has 3 aliphatic rings. The van der Waals surface area contributed by atoms with E-state index in [4.69, 9.17) is 14.2 Å². The molecule has 0 spiro atoms. The van der Waals surface area contributed by atoms with Crippen molar-refractivity contribution in [1.29, 1.82) is 0 Å². The van der Waals surface area contributed by atoms with Crippen LogP contribution in [-0.4, -0.2) is 43.3 Å². The number of unbranched alkanes of at least 4 members (excludes halogenated alkanes) is 3. The lowest BCUT2D eigenvalue weighted by molar-refractivity contribution is -0.195. The van der Waals surface area contributed by atoms with Gasteiger partial charge in [-0.3, -0.25) is 4.79 Å². The van der Waals surface area contributed by atoms with Crippen molar-refractivity contribution < 1.29 is 24.1 Å². The fourth-order valence-corrected chi connectivity index (χ4v) is 6.10. The summed E-state index contributed by atoms with van der Waals surface area (Å²) in [5, 5.41) is 10.6. The second-order valence-corrected chi connectivity index (χ2v) is 10.6. The van der Waals surface area contributed by atoms with Crippen LogP contribution in [-0.2, 0) is 19.0 Å². The molecule has 2 aliphatic carbocycles. The number of aliphatic hydroxyl groups is 1. The molecule has 5 heteroatoms. The number of carbonyl (C=O) groups is 1. The van der Waals surface area contributed by atoms with Crippen LogP contribution in [0.15, 0.2) is 12.2 Å². The Hall–Kier alpha value is -0.910. The van der Waals surface area contributed by atoms with E-state index in [1.807, 2.05) is 0 Å². The van der Waals surface area contributed by atoms with Crippen molar-refractivity contribution in [2.75, 3.05) is 13.7 Å². The number of ether oxygens (including phenoxy) is 3. The number of methoxy groups -OCH3 is 1. The molecule has 1 heterocycles. The van der Waals surface area contributed by atoms with Gasteiger partial charge in [0.15, 0.2) is 6.29 Å². The van der Waals surface area contributed by atoms with Crippen LogP contribution >= 0.6 is 0 Å². The first-order chi connectivity index (χ1) is 16.2. The molecule has 0 amide bonds. The molecule has 0 aromatic heterocycles. The summed E-state index contributed by atoms with van der Waals surface area (Å²) in [6.45, 7) is 0.818. The van der Waals surface area contributed by atoms with Gasteiger partial charge in [0.2, 0.25) is 0 Å². The standard InChI is InChI=1S/C28H48O5/c1-31-27(30)14-8-3-2-7-13-25-23(16-18-24(29)21-22-11-5-4-6-12-22)17-19-26(25)33-28-15-9-10-20-32-28/h16,18,22-26,28-29H,2-15,17,19-21H2,1H3/t23-,24?,25+,26?,28?/m1/s1. The Bertz CT molecular complexity index is 565. The molecule has 2 saturated carbocycles. The molecule has 0 aromatic rings. The van der Waals surface area contributed by atoms with Crippen molar-refractivity contribution in [1.82, 2.24) is 0 Å². The predicted octanol–water partition coefficient (Wildman–Crippen LogP) is 6.33. The molecule has 5 nitrogen and oxygen atoms in total. The topological polar surface area (TPSA) is 65.0 Å². The summed E-state index contributed by atoms with van der Waals surface area (Å²) >= 11 is 0. The number of esters is 1. The van der Waals surface area contributed by atoms with Crippen molar-refractivity contribution in [2.45, 2.75) is 128 Å². The van der Waals surface area contributed by atoms with Crippen molar-refractivity contribution in [3.8, 4) is 0 Å². The molecule has 0 aromatic carbocycles. The minimum atomic E-state index is -0.311. The predicted molar refractivity (Wildman–Crippen MR) is 131 cm³/mol. The van der Waals surface area contributed by atoms with E-state index in [1.54, 1.807) is 0 Å². The van der Waals surface area contributed by atoms with E-state index in [9.17, 15) is 9.90 Å². The third kappa shape index (κ3) is 9.70. The van der Waals surface area contributed by atoms with Gasteiger partial charge >= 0.3 is 5.97 Å². The summed E-state index contributed by atoms with van der Waals surface area (Å²) < 4.78 is 17.1. The van der Waals surface area contributed by atoms with Gasteiger partial charge in [-0.05, 0) is 69.1 Å². The van der Waals surface area contributed by atoms with Crippen LogP contribution in [0.3, 0.4) is 0 Å². The van der Waals surface area contributed by atoms with Crippen molar-refractivity contribution in [3.05, 3.63) is 12.2 Å². The number of aliphatic hydroxyl groups excluding tert-OH is 1. The zero-order valence-corrected chi connectivity index (χ0v) is 20.9. The summed E-state index contributed by atoms with van der Waals surface area (Å²) in [6, 6.07) is 0. The van der Waals surface area contributed by atoms with Gasteiger partial charge in [-0.15, -0.1) is 0 Å². The number of carbonyl (C=O) groups excluding carboxylic acids is 1. The average molecular weight is 465 g/mol. The van der Waals surface area contributed by atoms with Crippen molar-refractivity contribution >= 4 is 5.97 Å². The maximum absolute atomic E-state index is 11.3. The molecule has 1 saturated heterocycles. The normalized spacial score (nSPS) is 30.0. The Balaban J connectivity index is 1.47. The summed E-state index contributed by atoms with van der Waals surface area (Å²) in [5.41, 5.74) is 0. The zero-order chi connectivity index (χ0) is 23.3. The first kappa shape index (κ1) is 26.7. The molecule has 5 atom stereocenters. The van der Waals surface area contributed by atoms with Crippen LogP contribution < -0.4 is 0 Å². The van der Waals surface area contributed by atoms with Crippen molar-refractivity contribution in [3.63, 3.8) is 0 Å². The molecule has 3 rings (SSSR count). The van der Waals surface area contributed by atoms with Gasteiger partial charge in [-0.1, -0.05) is 63.5 Å². The minimum absolute atomic E-state index is 0.0362. The lowest BCUT2D eigenvalue weighted by atomic mass is 9.84. The highest BCUT2D eigenvalue weighted by molar-refractivity contribution is 5.68. The molecular weight excluding hydrogens is 416 g/mol. The Morgan fingerprint density at radius 1 is 1.00 bits per heavy atom. The molecule has 33 heavy (non-hydrogen) atoms. The molecule has 0 radical (unpaired) electrons. The highest BCUT2D eigenvalue weighted by atomic mass is 16.7. The van der Waals surface area contributed by atoms with E-state index in [0.29, 0.717) is 24.2 Å². The Morgan fingerprint density at radius 2 is 1.79 bits per heavy atom. The van der Waals surface area contributed by atoms with Gasteiger partial charge in [-0.25, -0.2) is 0 Å². The van der Waals surface area contributed by atoms with Gasteiger partial charge in [0.05, 0.1) is 19.3 Å². The first-order valence-corrected chi connectivity index (χ1v) is 13.9. The van der Waals surface area contributed by atoms with Gasteiger partial charge in [0.25, 0.3) is 0 Å². The number of hydrogen-bond donors (Lipinski definition) is 1. The minimum Gasteiger partial charge on any atom is -0.469 e. The molecule has 190 valence electrons. The second-order valence-electron chi connectivity index (χ2n) is 10.6. The van der Waals surface area contributed by atoms with Crippen LogP contribution in [0.1, 0.15) is 109 Å². The van der Waals surface area contributed by atoms with E-state index in [1.165, 1.54) is 45.6 Å². The Morgan fingerprint density at radius 3 is 2.55 bits per heavy atom. The zero-order valence-electron chi connectivity index (χ0n) is 20.9. The summed E-state index contributed by atoms with van der Waals surface area (Å²) in [7, 11) is 1.46. The maximum Gasteiger partial charge on any atom is 0.305 e. The fraction of sp³-hybridized carbons (Fsp3) is 0.893. The van der Waals surface area contributed by atoms with Gasteiger partial charge < -0.3 is 19.3 Å². The maximum atomic E-state index is 11.3. The van der Waals surface area contributed by atoms with Crippen LogP contribution in [0.25, 0.3) is 0 Å². The average Bonchev–Trinajstić information content (AvgIpc) is 3.22. The third-order valence-corrected chi connectivity index (χ3v) is 8.05. The largest absolute Gasteiger partial charge is 0.469 e. The van der Waals surface area contributed by atoms with Crippen LogP contribution in [0.4, 0.5) is 0 Å². The van der Waals surface area contributed by atoms with E-state index in [2.05, 4.69) is 12.2 Å². The summed E-state index contributed by atoms with van der Waals surface area (Å²) in [5.74, 6) is 1.56. The number of hydrogen-bond acceptors (Lipinski definition) is 5. The Kier molecular flexibility index (Phi) is 12.3. The highest BCUT2D eigenvalue weighted by Crippen LogP contribution is 2.40. The molecule has 1 N–H and O–H groups in total. The van der Waals surface area contributed by atoms with Gasteiger partial charge in [0.1, 0.15) is 0 Å². The third-order valence-electron chi connectivity index (χ3n) is 8.05. The smallest absolute Gasteiger partial charge is 0.305 e. The van der Waals surface area contributed by atoms with E-state index < -0.39 is 0 Å². The molecule has 1 aliphatic heterocycles. The second kappa shape index (κ2) is 15.2. The fourth-order valence-electron chi connectivity index (χ4n) is 6.10. The van der Waals surface area contributed by atoms with E-state index in [-0.39, 0.29) is 24.5 Å². The molecular formula is C28H48O5. The SMILES string of the molecule is COC(=O)CCCCCC[C@@H]1C(OC2CCCCO2)CC[C@H]1C=CC(O)CC1CCCCC1. The summed E-state index contributed by atoms with van der Waals surface area (Å²) in [4.78, 5) is 11.3. The first-order valence-electron chi connectivity index (χ1n) is 13.9. The number of allylic oxidation sites excluding steroid dienone is 1. The Labute approximate surface area is 201 Å². The van der Waals surface area contributed by atoms with E-state index in [0.717, 1.165) is 70.8 Å². The lowest BCUT2D eigenvalue weighted by Crippen LogP contribution is -2.31. The van der Waals surface area contributed by atoms with Gasteiger partial charge in [-0.2, -0.15) is 0 Å². The van der Waals surface area contributed by atoms with Crippen molar-refractivity contribution in [2.24, 2.45) is 17.8 Å². The molecule has 3 unspecified atom stereocenters. The van der Waals surface area contributed by atoms with Crippen LogP contribution in [0.5, 0.6) is 0 Å². The van der Waals surface area contributed by atoms with Gasteiger partial charge in [0, 0.05) is 13.0 Å². The highest BCUT2D eigenvalue weighted by Gasteiger charge is 2.37. The van der Waals surface area contributed by atoms with E-state index >= 15 is 0 Å². The molecule has 3 fully saturated rings. The van der Waals surface area contributed by atoms with Crippen LogP contribution in [0.2, 0.25) is 0 Å².